The Balaban J connectivity index is 1.47. The van der Waals surface area contributed by atoms with Gasteiger partial charge in [0.25, 0.3) is 0 Å². The first-order valence-electron chi connectivity index (χ1n) is 8.74. The zero-order valence-electron chi connectivity index (χ0n) is 14.7. The molecule has 134 valence electrons. The highest BCUT2D eigenvalue weighted by molar-refractivity contribution is 6.30. The van der Waals surface area contributed by atoms with Crippen LogP contribution < -0.4 is 0 Å². The highest BCUT2D eigenvalue weighted by Crippen LogP contribution is 2.25. The number of nitrogens with zero attached hydrogens (tertiary/aromatic N) is 4. The maximum atomic E-state index is 5.99. The molecule has 0 spiro atoms. The Morgan fingerprint density at radius 2 is 1.85 bits per heavy atom. The van der Waals surface area contributed by atoms with Crippen LogP contribution in [0.15, 0.2) is 54.6 Å². The summed E-state index contributed by atoms with van der Waals surface area (Å²) in [5, 5.41) is 9.53. The molecule has 0 saturated carbocycles. The number of hydrogen-bond acceptors (Lipinski definition) is 4. The predicted octanol–water partition coefficient (Wildman–Crippen LogP) is 3.71. The lowest BCUT2D eigenvalue weighted by Gasteiger charge is -2.32. The molecule has 0 N–H and O–H groups in total. The lowest BCUT2D eigenvalue weighted by molar-refractivity contribution is -0.0339. The van der Waals surface area contributed by atoms with Gasteiger partial charge in [-0.05, 0) is 17.7 Å². The van der Waals surface area contributed by atoms with Crippen molar-refractivity contribution in [3.05, 3.63) is 71.0 Å². The minimum absolute atomic E-state index is 0.0582. The number of hydrogen-bond donors (Lipinski definition) is 0. The van der Waals surface area contributed by atoms with Crippen LogP contribution in [-0.2, 0) is 18.3 Å². The van der Waals surface area contributed by atoms with Gasteiger partial charge in [-0.1, -0.05) is 54.1 Å². The molecule has 0 bridgehead atoms. The van der Waals surface area contributed by atoms with Crippen molar-refractivity contribution in [3.63, 3.8) is 0 Å². The summed E-state index contributed by atoms with van der Waals surface area (Å²) in [7, 11) is 2.02. The topological polar surface area (TPSA) is 43.2 Å². The minimum atomic E-state index is 0.0582. The van der Waals surface area contributed by atoms with Gasteiger partial charge in [0.05, 0.1) is 19.3 Å². The fourth-order valence-corrected chi connectivity index (χ4v) is 3.39. The number of aromatic nitrogens is 3. The van der Waals surface area contributed by atoms with Crippen LogP contribution in [0, 0.1) is 0 Å². The Kier molecular flexibility index (Phi) is 5.02. The molecule has 1 aliphatic rings. The lowest BCUT2D eigenvalue weighted by Crippen LogP contribution is -2.38. The molecule has 3 aromatic rings. The van der Waals surface area contributed by atoms with E-state index in [2.05, 4.69) is 31.8 Å². The second-order valence-corrected chi connectivity index (χ2v) is 6.95. The standard InChI is InChI=1S/C20H21ClN4O/c1-24-19(22-23-20(24)16-5-3-2-4-6-16)14-25-11-12-26-18(13-25)15-7-9-17(21)10-8-15/h2-10,18H,11-14H2,1H3/t18-/m0/s1. The largest absolute Gasteiger partial charge is 0.371 e. The fraction of sp³-hybridized carbons (Fsp3) is 0.300. The first-order valence-corrected chi connectivity index (χ1v) is 9.11. The SMILES string of the molecule is Cn1c(CN2CCO[C@H](c3ccc(Cl)cc3)C2)nnc1-c1ccccc1. The van der Waals surface area contributed by atoms with Crippen molar-refractivity contribution in [2.75, 3.05) is 19.7 Å². The molecule has 1 aliphatic heterocycles. The van der Waals surface area contributed by atoms with E-state index >= 15 is 0 Å². The van der Waals surface area contributed by atoms with Gasteiger partial charge in [0.2, 0.25) is 0 Å². The molecule has 2 heterocycles. The smallest absolute Gasteiger partial charge is 0.163 e. The van der Waals surface area contributed by atoms with Crippen LogP contribution >= 0.6 is 11.6 Å². The third-order valence-corrected chi connectivity index (χ3v) is 5.01. The minimum Gasteiger partial charge on any atom is -0.371 e. The van der Waals surface area contributed by atoms with Gasteiger partial charge < -0.3 is 9.30 Å². The van der Waals surface area contributed by atoms with Gasteiger partial charge in [0.1, 0.15) is 5.82 Å². The van der Waals surface area contributed by atoms with Crippen LogP contribution in [-0.4, -0.2) is 39.4 Å². The van der Waals surface area contributed by atoms with Crippen LogP contribution in [0.5, 0.6) is 0 Å². The second-order valence-electron chi connectivity index (χ2n) is 6.51. The number of ether oxygens (including phenoxy) is 1. The summed E-state index contributed by atoms with van der Waals surface area (Å²) in [6.07, 6.45) is 0.0582. The summed E-state index contributed by atoms with van der Waals surface area (Å²) in [5.41, 5.74) is 2.23. The van der Waals surface area contributed by atoms with Crippen molar-refractivity contribution in [2.24, 2.45) is 7.05 Å². The van der Waals surface area contributed by atoms with Crippen LogP contribution in [0.4, 0.5) is 0 Å². The highest BCUT2D eigenvalue weighted by Gasteiger charge is 2.23. The van der Waals surface area contributed by atoms with Gasteiger partial charge in [0, 0.05) is 30.7 Å². The zero-order valence-corrected chi connectivity index (χ0v) is 15.4. The Bertz CT molecular complexity index is 863. The maximum Gasteiger partial charge on any atom is 0.163 e. The van der Waals surface area contributed by atoms with E-state index in [9.17, 15) is 0 Å². The first-order chi connectivity index (χ1) is 12.7. The maximum absolute atomic E-state index is 5.99. The Hall–Kier alpha value is -2.21. The van der Waals surface area contributed by atoms with Gasteiger partial charge in [-0.2, -0.15) is 0 Å². The zero-order chi connectivity index (χ0) is 17.9. The predicted molar refractivity (Wildman–Crippen MR) is 102 cm³/mol. The Morgan fingerprint density at radius 1 is 1.08 bits per heavy atom. The molecule has 0 aliphatic carbocycles. The summed E-state index contributed by atoms with van der Waals surface area (Å²) >= 11 is 5.99. The van der Waals surface area contributed by atoms with E-state index in [0.29, 0.717) is 6.61 Å². The lowest BCUT2D eigenvalue weighted by atomic mass is 10.1. The van der Waals surface area contributed by atoms with E-state index in [1.54, 1.807) is 0 Å². The van der Waals surface area contributed by atoms with E-state index in [-0.39, 0.29) is 6.10 Å². The number of halogens is 1. The molecule has 0 unspecified atom stereocenters. The molecule has 2 aromatic carbocycles. The van der Waals surface area contributed by atoms with E-state index in [0.717, 1.165) is 47.4 Å². The summed E-state index contributed by atoms with van der Waals surface area (Å²) in [6, 6.07) is 18.0. The number of morpholine rings is 1. The molecule has 0 amide bonds. The first kappa shape index (κ1) is 17.2. The van der Waals surface area contributed by atoms with Crippen LogP contribution in [0.25, 0.3) is 11.4 Å². The van der Waals surface area contributed by atoms with Crippen molar-refractivity contribution >= 4 is 11.6 Å². The van der Waals surface area contributed by atoms with E-state index in [1.165, 1.54) is 0 Å². The summed E-state index contributed by atoms with van der Waals surface area (Å²) in [5.74, 6) is 1.85. The average Bonchev–Trinajstić information content (AvgIpc) is 3.04. The average molecular weight is 369 g/mol. The van der Waals surface area contributed by atoms with E-state index in [1.807, 2.05) is 49.5 Å². The van der Waals surface area contributed by atoms with Crippen molar-refractivity contribution in [1.82, 2.24) is 19.7 Å². The summed E-state index contributed by atoms with van der Waals surface area (Å²) < 4.78 is 8.02. The molecule has 4 rings (SSSR count). The van der Waals surface area contributed by atoms with Gasteiger partial charge in [-0.3, -0.25) is 4.90 Å². The van der Waals surface area contributed by atoms with Crippen molar-refractivity contribution < 1.29 is 4.74 Å². The van der Waals surface area contributed by atoms with E-state index in [4.69, 9.17) is 16.3 Å². The molecule has 5 nitrogen and oxygen atoms in total. The Labute approximate surface area is 158 Å². The quantitative estimate of drug-likeness (QED) is 0.704. The van der Waals surface area contributed by atoms with Crippen LogP contribution in [0.1, 0.15) is 17.5 Å². The molecule has 1 atom stereocenters. The van der Waals surface area contributed by atoms with Crippen molar-refractivity contribution in [2.45, 2.75) is 12.6 Å². The third kappa shape index (κ3) is 3.65. The van der Waals surface area contributed by atoms with Gasteiger partial charge >= 0.3 is 0 Å². The van der Waals surface area contributed by atoms with Crippen molar-refractivity contribution in [3.8, 4) is 11.4 Å². The highest BCUT2D eigenvalue weighted by atomic mass is 35.5. The second kappa shape index (κ2) is 7.58. The number of benzene rings is 2. The van der Waals surface area contributed by atoms with E-state index < -0.39 is 0 Å². The molecule has 26 heavy (non-hydrogen) atoms. The molecule has 1 fully saturated rings. The fourth-order valence-electron chi connectivity index (χ4n) is 3.26. The molecular formula is C20H21ClN4O. The van der Waals surface area contributed by atoms with Gasteiger partial charge in [0.15, 0.2) is 5.82 Å². The summed E-state index contributed by atoms with van der Waals surface area (Å²) in [4.78, 5) is 2.36. The van der Waals surface area contributed by atoms with Crippen molar-refractivity contribution in [1.29, 1.82) is 0 Å². The third-order valence-electron chi connectivity index (χ3n) is 4.75. The number of rotatable bonds is 4. The molecular weight excluding hydrogens is 348 g/mol. The molecule has 6 heteroatoms. The van der Waals surface area contributed by atoms with Gasteiger partial charge in [-0.15, -0.1) is 10.2 Å². The van der Waals surface area contributed by atoms with Crippen LogP contribution in [0.2, 0.25) is 5.02 Å². The van der Waals surface area contributed by atoms with Gasteiger partial charge in [-0.25, -0.2) is 0 Å². The van der Waals surface area contributed by atoms with Crippen LogP contribution in [0.3, 0.4) is 0 Å². The molecule has 1 aromatic heterocycles. The monoisotopic (exact) mass is 368 g/mol. The molecule has 0 radical (unpaired) electrons. The normalized spacial score (nSPS) is 18.2. The molecule has 1 saturated heterocycles. The Morgan fingerprint density at radius 3 is 2.62 bits per heavy atom. The summed E-state index contributed by atoms with van der Waals surface area (Å²) in [6.45, 7) is 3.17.